The molecule has 0 aliphatic carbocycles. The maximum atomic E-state index is 11.4. The summed E-state index contributed by atoms with van der Waals surface area (Å²) in [5.41, 5.74) is 0. The fourth-order valence-electron chi connectivity index (χ4n) is 1.22. The molecule has 0 aliphatic rings. The van der Waals surface area contributed by atoms with Gasteiger partial charge in [-0.15, -0.1) is 0 Å². The summed E-state index contributed by atoms with van der Waals surface area (Å²) in [6, 6.07) is -0.882. The number of carboxylic acid groups (broad SMARTS) is 2. The van der Waals surface area contributed by atoms with Gasteiger partial charge in [0.25, 0.3) is 0 Å². The number of hydrogen-bond acceptors (Lipinski definition) is 5. The predicted molar refractivity (Wildman–Crippen MR) is 63.5 cm³/mol. The third-order valence-electron chi connectivity index (χ3n) is 1.76. The Bertz CT molecular complexity index is 352. The number of aliphatic carboxylic acids is 2. The van der Waals surface area contributed by atoms with Gasteiger partial charge < -0.3 is 15.5 Å². The zero-order valence-corrected chi connectivity index (χ0v) is 10.7. The fraction of sp³-hybridized carbons (Fsp3) is 0.600. The Hall–Kier alpha value is -2.16. The quantitative estimate of drug-likeness (QED) is 0.453. The van der Waals surface area contributed by atoms with Crippen LogP contribution >= 0.6 is 0 Å². The van der Waals surface area contributed by atoms with E-state index >= 15 is 0 Å². The molecule has 0 aromatic carbocycles. The van der Waals surface area contributed by atoms with E-state index in [0.29, 0.717) is 0 Å². The molecule has 0 bridgehead atoms. The van der Waals surface area contributed by atoms with E-state index in [1.165, 1.54) is 0 Å². The largest absolute Gasteiger partial charge is 0.480 e. The van der Waals surface area contributed by atoms with Gasteiger partial charge in [0.2, 0.25) is 5.91 Å². The van der Waals surface area contributed by atoms with Crippen LogP contribution in [0.5, 0.6) is 0 Å². The van der Waals surface area contributed by atoms with Crippen molar-refractivity contribution in [3.8, 4) is 0 Å². The summed E-state index contributed by atoms with van der Waals surface area (Å²) in [7, 11) is 0. The average Bonchev–Trinajstić information content (AvgIpc) is 2.11. The molecule has 9 nitrogen and oxygen atoms in total. The van der Waals surface area contributed by atoms with Crippen LogP contribution in [0.15, 0.2) is 0 Å². The van der Waals surface area contributed by atoms with Crippen LogP contribution in [0.25, 0.3) is 0 Å². The number of urea groups is 1. The van der Waals surface area contributed by atoms with Crippen LogP contribution in [0.2, 0.25) is 0 Å². The van der Waals surface area contributed by atoms with E-state index in [9.17, 15) is 19.2 Å². The number of amides is 3. The van der Waals surface area contributed by atoms with E-state index in [1.807, 2.05) is 5.32 Å². The smallest absolute Gasteiger partial charge is 0.321 e. The first-order valence-electron chi connectivity index (χ1n) is 5.47. The van der Waals surface area contributed by atoms with Crippen molar-refractivity contribution in [2.45, 2.75) is 19.9 Å². The third kappa shape index (κ3) is 9.53. The maximum Gasteiger partial charge on any atom is 0.321 e. The summed E-state index contributed by atoms with van der Waals surface area (Å²) >= 11 is 0. The van der Waals surface area contributed by atoms with Crippen LogP contribution in [0.4, 0.5) is 4.79 Å². The van der Waals surface area contributed by atoms with Crippen LogP contribution in [0, 0.1) is 0 Å². The van der Waals surface area contributed by atoms with E-state index in [1.54, 1.807) is 13.8 Å². The van der Waals surface area contributed by atoms with Crippen LogP contribution in [0.1, 0.15) is 13.8 Å². The van der Waals surface area contributed by atoms with Crippen molar-refractivity contribution in [1.82, 2.24) is 15.5 Å². The Labute approximate surface area is 109 Å². The molecule has 0 spiro atoms. The molecule has 0 saturated heterocycles. The molecular formula is C10H17N3O6. The number of hydrogen-bond donors (Lipinski definition) is 4. The summed E-state index contributed by atoms with van der Waals surface area (Å²) in [5.74, 6) is -3.30. The van der Waals surface area contributed by atoms with Gasteiger partial charge in [-0.2, -0.15) is 0 Å². The molecule has 3 amide bonds. The van der Waals surface area contributed by atoms with Crippen LogP contribution in [-0.4, -0.2) is 64.7 Å². The molecule has 0 radical (unpaired) electrons. The predicted octanol–water partition coefficient (Wildman–Crippen LogP) is -1.31. The van der Waals surface area contributed by atoms with Gasteiger partial charge in [0, 0.05) is 6.04 Å². The number of imide groups is 1. The van der Waals surface area contributed by atoms with Crippen molar-refractivity contribution < 1.29 is 29.4 Å². The number of nitrogens with zero attached hydrogens (tertiary/aromatic N) is 1. The summed E-state index contributed by atoms with van der Waals surface area (Å²) in [6.45, 7) is 1.69. The summed E-state index contributed by atoms with van der Waals surface area (Å²) in [6.07, 6.45) is 0. The minimum Gasteiger partial charge on any atom is -0.480 e. The first kappa shape index (κ1) is 16.8. The Morgan fingerprint density at radius 1 is 1.00 bits per heavy atom. The molecule has 9 heteroatoms. The van der Waals surface area contributed by atoms with Gasteiger partial charge in [0.15, 0.2) is 0 Å². The van der Waals surface area contributed by atoms with Gasteiger partial charge in [-0.1, -0.05) is 0 Å². The van der Waals surface area contributed by atoms with E-state index in [-0.39, 0.29) is 6.04 Å². The summed E-state index contributed by atoms with van der Waals surface area (Å²) in [4.78, 5) is 44.5. The monoisotopic (exact) mass is 275 g/mol. The van der Waals surface area contributed by atoms with Crippen molar-refractivity contribution >= 4 is 23.9 Å². The highest BCUT2D eigenvalue weighted by Gasteiger charge is 2.18. The van der Waals surface area contributed by atoms with E-state index in [2.05, 4.69) is 5.32 Å². The lowest BCUT2D eigenvalue weighted by Gasteiger charge is -2.17. The number of carbonyl (C=O) groups excluding carboxylic acids is 2. The van der Waals surface area contributed by atoms with E-state index < -0.39 is 43.5 Å². The fourth-order valence-corrected chi connectivity index (χ4v) is 1.22. The second kappa shape index (κ2) is 8.03. The molecule has 4 N–H and O–H groups in total. The molecule has 19 heavy (non-hydrogen) atoms. The highest BCUT2D eigenvalue weighted by molar-refractivity contribution is 5.95. The average molecular weight is 275 g/mol. The van der Waals surface area contributed by atoms with Crippen molar-refractivity contribution in [3.63, 3.8) is 0 Å². The molecule has 0 unspecified atom stereocenters. The zero-order valence-electron chi connectivity index (χ0n) is 10.7. The van der Waals surface area contributed by atoms with Crippen LogP contribution in [-0.2, 0) is 14.4 Å². The number of carbonyl (C=O) groups is 4. The molecular weight excluding hydrogens is 258 g/mol. The van der Waals surface area contributed by atoms with E-state index in [0.717, 1.165) is 4.90 Å². The van der Waals surface area contributed by atoms with Crippen molar-refractivity contribution in [2.75, 3.05) is 19.6 Å². The number of nitrogens with one attached hydrogen (secondary N) is 2. The second-order valence-electron chi connectivity index (χ2n) is 4.11. The Balaban J connectivity index is 4.33. The molecule has 0 fully saturated rings. The molecule has 0 saturated carbocycles. The molecule has 0 aromatic rings. The third-order valence-corrected chi connectivity index (χ3v) is 1.76. The molecule has 0 aromatic heterocycles. The standard InChI is InChI=1S/C10H17N3O6/c1-6(2)11-10(19)12-7(14)3-13(4-8(15)16)5-9(17)18/h6H,3-5H2,1-2H3,(H,15,16)(H,17,18)(H2,11,12,14,19). The van der Waals surface area contributed by atoms with Gasteiger partial charge in [-0.3, -0.25) is 24.6 Å². The van der Waals surface area contributed by atoms with Gasteiger partial charge in [-0.05, 0) is 13.8 Å². The van der Waals surface area contributed by atoms with Crippen molar-refractivity contribution in [1.29, 1.82) is 0 Å². The first-order chi connectivity index (χ1) is 8.70. The normalized spacial score (nSPS) is 10.3. The lowest BCUT2D eigenvalue weighted by atomic mass is 10.4. The Kier molecular flexibility index (Phi) is 7.12. The van der Waals surface area contributed by atoms with Crippen LogP contribution in [0.3, 0.4) is 0 Å². The molecule has 108 valence electrons. The SMILES string of the molecule is CC(C)NC(=O)NC(=O)CN(CC(=O)O)CC(=O)O. The number of carboxylic acids is 2. The van der Waals surface area contributed by atoms with Gasteiger partial charge in [0.1, 0.15) is 0 Å². The zero-order chi connectivity index (χ0) is 15.0. The molecule has 0 aliphatic heterocycles. The lowest BCUT2D eigenvalue weighted by molar-refractivity contribution is -0.142. The molecule has 0 rings (SSSR count). The second-order valence-corrected chi connectivity index (χ2v) is 4.11. The minimum absolute atomic E-state index is 0.165. The maximum absolute atomic E-state index is 11.4. The summed E-state index contributed by atoms with van der Waals surface area (Å²) < 4.78 is 0. The van der Waals surface area contributed by atoms with E-state index in [4.69, 9.17) is 10.2 Å². The highest BCUT2D eigenvalue weighted by Crippen LogP contribution is 1.89. The Morgan fingerprint density at radius 3 is 1.84 bits per heavy atom. The topological polar surface area (TPSA) is 136 Å². The van der Waals surface area contributed by atoms with Crippen LogP contribution < -0.4 is 10.6 Å². The summed E-state index contributed by atoms with van der Waals surface area (Å²) in [5, 5.41) is 21.5. The lowest BCUT2D eigenvalue weighted by Crippen LogP contribution is -2.48. The highest BCUT2D eigenvalue weighted by atomic mass is 16.4. The van der Waals surface area contributed by atoms with Gasteiger partial charge in [-0.25, -0.2) is 4.79 Å². The minimum atomic E-state index is -1.26. The van der Waals surface area contributed by atoms with Crippen molar-refractivity contribution in [2.24, 2.45) is 0 Å². The van der Waals surface area contributed by atoms with Crippen molar-refractivity contribution in [3.05, 3.63) is 0 Å². The Morgan fingerprint density at radius 2 is 1.47 bits per heavy atom. The van der Waals surface area contributed by atoms with Gasteiger partial charge >= 0.3 is 18.0 Å². The number of rotatable bonds is 7. The van der Waals surface area contributed by atoms with Gasteiger partial charge in [0.05, 0.1) is 19.6 Å². The first-order valence-corrected chi connectivity index (χ1v) is 5.47. The molecule has 0 atom stereocenters. The molecule has 0 heterocycles.